The van der Waals surface area contributed by atoms with Gasteiger partial charge in [0.05, 0.1) is 6.10 Å². The van der Waals surface area contributed by atoms with E-state index in [1.54, 1.807) is 0 Å². The number of benzene rings is 1. The standard InChI is InChI=1S/C16H22O/c1-13(15-9-5-6-10-16(15)17)11-12-14-7-3-2-4-8-14/h2-4,7-8,16-17H,5-6,9-12H2,1H3/b15-13+. The van der Waals surface area contributed by atoms with E-state index in [1.807, 2.05) is 0 Å². The molecule has 1 aromatic carbocycles. The Balaban J connectivity index is 1.96. The first-order valence-electron chi connectivity index (χ1n) is 6.68. The lowest BCUT2D eigenvalue weighted by Crippen LogP contribution is -2.16. The average molecular weight is 230 g/mol. The van der Waals surface area contributed by atoms with Gasteiger partial charge in [-0.15, -0.1) is 0 Å². The Hall–Kier alpha value is -1.08. The molecule has 1 atom stereocenters. The largest absolute Gasteiger partial charge is 0.389 e. The van der Waals surface area contributed by atoms with Crippen molar-refractivity contribution in [2.45, 2.75) is 51.6 Å². The lowest BCUT2D eigenvalue weighted by atomic mass is 9.87. The molecule has 2 rings (SSSR count). The van der Waals surface area contributed by atoms with E-state index in [0.717, 1.165) is 25.7 Å². The quantitative estimate of drug-likeness (QED) is 0.781. The zero-order chi connectivity index (χ0) is 12.1. The molecule has 1 saturated carbocycles. The maximum absolute atomic E-state index is 9.98. The number of aliphatic hydroxyl groups is 1. The molecular weight excluding hydrogens is 208 g/mol. The van der Waals surface area contributed by atoms with Gasteiger partial charge in [0.1, 0.15) is 0 Å². The summed E-state index contributed by atoms with van der Waals surface area (Å²) in [7, 11) is 0. The molecule has 1 aliphatic rings. The zero-order valence-electron chi connectivity index (χ0n) is 10.7. The maximum Gasteiger partial charge on any atom is 0.0752 e. The van der Waals surface area contributed by atoms with Crippen LogP contribution in [0, 0.1) is 0 Å². The molecular formula is C16H22O. The van der Waals surface area contributed by atoms with Gasteiger partial charge < -0.3 is 5.11 Å². The Morgan fingerprint density at radius 3 is 2.71 bits per heavy atom. The first kappa shape index (κ1) is 12.4. The Kier molecular flexibility index (Phi) is 4.38. The minimum Gasteiger partial charge on any atom is -0.389 e. The third-order valence-electron chi connectivity index (χ3n) is 3.76. The fraction of sp³-hybridized carbons (Fsp3) is 0.500. The van der Waals surface area contributed by atoms with Crippen LogP contribution in [-0.4, -0.2) is 11.2 Å². The Bertz CT molecular complexity index is 378. The lowest BCUT2D eigenvalue weighted by Gasteiger charge is -2.23. The average Bonchev–Trinajstić information content (AvgIpc) is 2.38. The van der Waals surface area contributed by atoms with Crippen molar-refractivity contribution in [1.29, 1.82) is 0 Å². The molecule has 1 fully saturated rings. The number of hydrogen-bond acceptors (Lipinski definition) is 1. The number of allylic oxidation sites excluding steroid dienone is 1. The number of hydrogen-bond donors (Lipinski definition) is 1. The highest BCUT2D eigenvalue weighted by atomic mass is 16.3. The molecule has 0 amide bonds. The van der Waals surface area contributed by atoms with Gasteiger partial charge in [-0.1, -0.05) is 42.3 Å². The van der Waals surface area contributed by atoms with Crippen molar-refractivity contribution in [2.24, 2.45) is 0 Å². The predicted octanol–water partition coefficient (Wildman–Crippen LogP) is 3.87. The minimum atomic E-state index is -0.167. The zero-order valence-corrected chi connectivity index (χ0v) is 10.7. The molecule has 17 heavy (non-hydrogen) atoms. The van der Waals surface area contributed by atoms with Crippen molar-refractivity contribution in [2.75, 3.05) is 0 Å². The number of rotatable bonds is 3. The van der Waals surface area contributed by atoms with Gasteiger partial charge in [-0.2, -0.15) is 0 Å². The van der Waals surface area contributed by atoms with Crippen LogP contribution in [0.2, 0.25) is 0 Å². The van der Waals surface area contributed by atoms with E-state index in [4.69, 9.17) is 0 Å². The summed E-state index contributed by atoms with van der Waals surface area (Å²) in [6, 6.07) is 10.6. The van der Waals surface area contributed by atoms with Crippen LogP contribution in [0.1, 0.15) is 44.6 Å². The smallest absolute Gasteiger partial charge is 0.0752 e. The van der Waals surface area contributed by atoms with Gasteiger partial charge in [-0.05, 0) is 50.2 Å². The van der Waals surface area contributed by atoms with Gasteiger partial charge in [0.2, 0.25) is 0 Å². The molecule has 0 heterocycles. The van der Waals surface area contributed by atoms with Gasteiger partial charge in [0.25, 0.3) is 0 Å². The van der Waals surface area contributed by atoms with Crippen LogP contribution in [-0.2, 0) is 6.42 Å². The first-order valence-corrected chi connectivity index (χ1v) is 6.68. The molecule has 0 aromatic heterocycles. The predicted molar refractivity (Wildman–Crippen MR) is 71.9 cm³/mol. The van der Waals surface area contributed by atoms with E-state index < -0.39 is 0 Å². The summed E-state index contributed by atoms with van der Waals surface area (Å²) in [5.41, 5.74) is 4.10. The highest BCUT2D eigenvalue weighted by molar-refractivity contribution is 5.21. The topological polar surface area (TPSA) is 20.2 Å². The third kappa shape index (κ3) is 3.44. The summed E-state index contributed by atoms with van der Waals surface area (Å²) in [5, 5.41) is 9.98. The second-order valence-electron chi connectivity index (χ2n) is 5.05. The van der Waals surface area contributed by atoms with Crippen LogP contribution in [0.5, 0.6) is 0 Å². The Morgan fingerprint density at radius 2 is 2.00 bits per heavy atom. The first-order chi connectivity index (χ1) is 8.27. The molecule has 1 nitrogen and oxygen atoms in total. The van der Waals surface area contributed by atoms with Crippen molar-refractivity contribution < 1.29 is 5.11 Å². The van der Waals surface area contributed by atoms with Gasteiger partial charge in [0, 0.05) is 0 Å². The summed E-state index contributed by atoms with van der Waals surface area (Å²) in [4.78, 5) is 0. The van der Waals surface area contributed by atoms with Crippen molar-refractivity contribution >= 4 is 0 Å². The number of aliphatic hydroxyl groups excluding tert-OH is 1. The maximum atomic E-state index is 9.98. The molecule has 1 N–H and O–H groups in total. The summed E-state index contributed by atoms with van der Waals surface area (Å²) in [5.74, 6) is 0. The van der Waals surface area contributed by atoms with Crippen LogP contribution in [0.15, 0.2) is 41.5 Å². The summed E-state index contributed by atoms with van der Waals surface area (Å²) >= 11 is 0. The van der Waals surface area contributed by atoms with E-state index >= 15 is 0 Å². The molecule has 1 heteroatoms. The summed E-state index contributed by atoms with van der Waals surface area (Å²) in [6.07, 6.45) is 6.48. The summed E-state index contributed by atoms with van der Waals surface area (Å²) < 4.78 is 0. The van der Waals surface area contributed by atoms with E-state index in [9.17, 15) is 5.11 Å². The fourth-order valence-corrected chi connectivity index (χ4v) is 2.63. The normalized spacial score (nSPS) is 23.5. The molecule has 1 unspecified atom stereocenters. The van der Waals surface area contributed by atoms with E-state index in [-0.39, 0.29) is 6.10 Å². The van der Waals surface area contributed by atoms with Crippen LogP contribution in [0.25, 0.3) is 0 Å². The SMILES string of the molecule is C/C(CCc1ccccc1)=C1/CCCCC1O. The second-order valence-corrected chi connectivity index (χ2v) is 5.05. The van der Waals surface area contributed by atoms with Crippen molar-refractivity contribution in [1.82, 2.24) is 0 Å². The van der Waals surface area contributed by atoms with E-state index in [2.05, 4.69) is 37.3 Å². The molecule has 0 aliphatic heterocycles. The molecule has 0 saturated heterocycles. The van der Waals surface area contributed by atoms with E-state index in [0.29, 0.717) is 0 Å². The Labute approximate surface area is 104 Å². The molecule has 92 valence electrons. The van der Waals surface area contributed by atoms with Crippen molar-refractivity contribution in [3.63, 3.8) is 0 Å². The highest BCUT2D eigenvalue weighted by Gasteiger charge is 2.17. The fourth-order valence-electron chi connectivity index (χ4n) is 2.63. The van der Waals surface area contributed by atoms with Gasteiger partial charge in [-0.25, -0.2) is 0 Å². The monoisotopic (exact) mass is 230 g/mol. The number of aryl methyl sites for hydroxylation is 1. The van der Waals surface area contributed by atoms with Crippen LogP contribution in [0.4, 0.5) is 0 Å². The van der Waals surface area contributed by atoms with Gasteiger partial charge in [0.15, 0.2) is 0 Å². The minimum absolute atomic E-state index is 0.167. The molecule has 0 bridgehead atoms. The molecule has 1 aromatic rings. The van der Waals surface area contributed by atoms with Crippen LogP contribution in [0.3, 0.4) is 0 Å². The van der Waals surface area contributed by atoms with Crippen LogP contribution >= 0.6 is 0 Å². The van der Waals surface area contributed by atoms with Crippen molar-refractivity contribution in [3.05, 3.63) is 47.0 Å². The van der Waals surface area contributed by atoms with Crippen molar-refractivity contribution in [3.8, 4) is 0 Å². The molecule has 0 radical (unpaired) electrons. The van der Waals surface area contributed by atoms with E-state index in [1.165, 1.54) is 29.6 Å². The van der Waals surface area contributed by atoms with Crippen LogP contribution < -0.4 is 0 Å². The third-order valence-corrected chi connectivity index (χ3v) is 3.76. The molecule has 0 spiro atoms. The summed E-state index contributed by atoms with van der Waals surface area (Å²) in [6.45, 7) is 2.19. The second kappa shape index (κ2) is 6.02. The Morgan fingerprint density at radius 1 is 1.24 bits per heavy atom. The van der Waals surface area contributed by atoms with Gasteiger partial charge in [-0.3, -0.25) is 0 Å². The molecule has 1 aliphatic carbocycles. The highest BCUT2D eigenvalue weighted by Crippen LogP contribution is 2.28. The van der Waals surface area contributed by atoms with Gasteiger partial charge >= 0.3 is 0 Å². The lowest BCUT2D eigenvalue weighted by molar-refractivity contribution is 0.177.